The van der Waals surface area contributed by atoms with Crippen LogP contribution < -0.4 is 26.3 Å². The molecular formula is C40H63F3N4O12. The highest BCUT2D eigenvalue weighted by atomic mass is 19.4. The van der Waals surface area contributed by atoms with Gasteiger partial charge in [-0.2, -0.15) is 13.2 Å². The fourth-order valence-corrected chi connectivity index (χ4v) is 6.16. The number of nitrogens with zero attached hydrogens (tertiary/aromatic N) is 1. The van der Waals surface area contributed by atoms with E-state index in [0.717, 1.165) is 12.0 Å². The third kappa shape index (κ3) is 17.0. The molecule has 1 aromatic rings. The topological polar surface area (TPSA) is 228 Å². The highest BCUT2D eigenvalue weighted by molar-refractivity contribution is 5.84. The molecule has 0 aromatic heterocycles. The number of primary amides is 1. The monoisotopic (exact) mass is 848 g/mol. The highest BCUT2D eigenvalue weighted by Gasteiger charge is 2.48. The van der Waals surface area contributed by atoms with Gasteiger partial charge in [-0.25, -0.2) is 9.59 Å². The van der Waals surface area contributed by atoms with Gasteiger partial charge in [0.25, 0.3) is 0 Å². The SMILES string of the molecule is COCCCOc1cc(C[C@@H](C[C@H]2[C@H](C[C@H](C(=O)NCC(C)(C)C(N)=O)C(C)C)OCN2C(=O)OCOC(=O)C2(N)CC2)C(C)C)ccc1OC.O=C(O)CC(F)(F)F. The molecular weight excluding hydrogens is 785 g/mol. The van der Waals surface area contributed by atoms with E-state index in [1.54, 1.807) is 28.1 Å². The van der Waals surface area contributed by atoms with Gasteiger partial charge < -0.3 is 50.3 Å². The van der Waals surface area contributed by atoms with Crippen LogP contribution >= 0.6 is 0 Å². The Bertz CT molecular complexity index is 1550. The number of carbonyl (C=O) groups is 5. The van der Waals surface area contributed by atoms with Crippen LogP contribution in [-0.2, 0) is 44.5 Å². The summed E-state index contributed by atoms with van der Waals surface area (Å²) in [5, 5.41) is 10.4. The summed E-state index contributed by atoms with van der Waals surface area (Å²) in [6, 6.07) is 5.43. The maximum Gasteiger partial charge on any atom is 0.414 e. The van der Waals surface area contributed by atoms with Gasteiger partial charge in [-0.3, -0.25) is 19.3 Å². The Hall–Kier alpha value is -4.36. The number of carboxylic acids is 1. The third-order valence-corrected chi connectivity index (χ3v) is 10.4. The number of aliphatic carboxylic acids is 1. The molecule has 4 atom stereocenters. The Kier molecular flexibility index (Phi) is 19.7. The largest absolute Gasteiger partial charge is 0.493 e. The second-order valence-corrected chi connectivity index (χ2v) is 16.3. The molecule has 1 saturated carbocycles. The fraction of sp³-hybridized carbons (Fsp3) is 0.725. The summed E-state index contributed by atoms with van der Waals surface area (Å²) in [6.07, 6.45) is -4.19. The lowest BCUT2D eigenvalue weighted by molar-refractivity contribution is -0.166. The maximum atomic E-state index is 13.5. The summed E-state index contributed by atoms with van der Waals surface area (Å²) in [5.74, 6) is -2.16. The second kappa shape index (κ2) is 22.9. The number of ether oxygens (including phenoxy) is 6. The van der Waals surface area contributed by atoms with E-state index >= 15 is 0 Å². The number of methoxy groups -OCH3 is 2. The lowest BCUT2D eigenvalue weighted by Gasteiger charge is -2.33. The van der Waals surface area contributed by atoms with Gasteiger partial charge in [0.1, 0.15) is 18.7 Å². The van der Waals surface area contributed by atoms with E-state index in [1.807, 2.05) is 32.0 Å². The van der Waals surface area contributed by atoms with Crippen molar-refractivity contribution in [1.29, 1.82) is 0 Å². The van der Waals surface area contributed by atoms with E-state index in [0.29, 0.717) is 56.8 Å². The van der Waals surface area contributed by atoms with E-state index in [1.165, 1.54) is 4.90 Å². The van der Waals surface area contributed by atoms with Crippen molar-refractivity contribution in [1.82, 2.24) is 10.2 Å². The predicted molar refractivity (Wildman–Crippen MR) is 208 cm³/mol. The van der Waals surface area contributed by atoms with Gasteiger partial charge in [0.05, 0.1) is 31.3 Å². The minimum Gasteiger partial charge on any atom is -0.493 e. The van der Waals surface area contributed by atoms with Crippen LogP contribution in [0.2, 0.25) is 0 Å². The van der Waals surface area contributed by atoms with Crippen molar-refractivity contribution in [2.24, 2.45) is 40.6 Å². The lowest BCUT2D eigenvalue weighted by atomic mass is 9.80. The number of hydrogen-bond donors (Lipinski definition) is 4. The van der Waals surface area contributed by atoms with Crippen molar-refractivity contribution < 1.29 is 70.7 Å². The molecule has 1 heterocycles. The highest BCUT2D eigenvalue weighted by Crippen LogP contribution is 2.36. The summed E-state index contributed by atoms with van der Waals surface area (Å²) in [5.41, 5.74) is 10.6. The van der Waals surface area contributed by atoms with Crippen LogP contribution in [0.25, 0.3) is 0 Å². The summed E-state index contributed by atoms with van der Waals surface area (Å²) in [6.45, 7) is 12.1. The van der Waals surface area contributed by atoms with Crippen LogP contribution in [0.5, 0.6) is 11.5 Å². The molecule has 6 N–H and O–H groups in total. The second-order valence-electron chi connectivity index (χ2n) is 16.3. The zero-order valence-electron chi connectivity index (χ0n) is 35.4. The van der Waals surface area contributed by atoms with E-state index in [-0.39, 0.29) is 36.9 Å². The van der Waals surface area contributed by atoms with Gasteiger partial charge in [0.2, 0.25) is 18.6 Å². The molecule has 0 unspecified atom stereocenters. The van der Waals surface area contributed by atoms with Crippen molar-refractivity contribution in [2.45, 2.75) is 110 Å². The minimum atomic E-state index is -4.58. The average molecular weight is 849 g/mol. The molecule has 19 heteroatoms. The molecule has 336 valence electrons. The number of carbonyl (C=O) groups excluding carboxylic acids is 4. The molecule has 2 fully saturated rings. The summed E-state index contributed by atoms with van der Waals surface area (Å²) < 4.78 is 66.3. The number of amides is 3. The smallest absolute Gasteiger partial charge is 0.414 e. The molecule has 1 saturated heterocycles. The zero-order chi connectivity index (χ0) is 44.7. The molecule has 0 radical (unpaired) electrons. The first-order valence-corrected chi connectivity index (χ1v) is 19.6. The van der Waals surface area contributed by atoms with Crippen LogP contribution in [-0.4, -0.2) is 111 Å². The van der Waals surface area contributed by atoms with Gasteiger partial charge in [0, 0.05) is 32.6 Å². The first-order valence-electron chi connectivity index (χ1n) is 19.6. The third-order valence-electron chi connectivity index (χ3n) is 10.4. The number of rotatable bonds is 22. The van der Waals surface area contributed by atoms with E-state index in [2.05, 4.69) is 19.2 Å². The number of alkyl halides is 3. The van der Waals surface area contributed by atoms with E-state index in [4.69, 9.17) is 45.0 Å². The Morgan fingerprint density at radius 2 is 1.66 bits per heavy atom. The normalized spacial score (nSPS) is 18.3. The molecule has 16 nitrogen and oxygen atoms in total. The Balaban J connectivity index is 0.00000135. The molecule has 2 aliphatic rings. The fourth-order valence-electron chi connectivity index (χ4n) is 6.16. The quantitative estimate of drug-likeness (QED) is 0.0701. The summed E-state index contributed by atoms with van der Waals surface area (Å²) in [7, 11) is 3.25. The van der Waals surface area contributed by atoms with Gasteiger partial charge in [-0.1, -0.05) is 33.8 Å². The molecule has 3 rings (SSSR count). The van der Waals surface area contributed by atoms with E-state index < -0.39 is 72.3 Å². The van der Waals surface area contributed by atoms with Crippen molar-refractivity contribution in [2.75, 3.05) is 47.5 Å². The first-order chi connectivity index (χ1) is 27.4. The lowest BCUT2D eigenvalue weighted by Crippen LogP contribution is -2.47. The number of halogens is 3. The van der Waals surface area contributed by atoms with Gasteiger partial charge in [-0.15, -0.1) is 0 Å². The van der Waals surface area contributed by atoms with Crippen molar-refractivity contribution in [3.05, 3.63) is 23.8 Å². The molecule has 1 aliphatic heterocycles. The zero-order valence-corrected chi connectivity index (χ0v) is 35.4. The standard InChI is InChI=1S/C37H60N4O10.C3H3F3O2/c1-23(2)26(16-25-10-11-29(47-8)31(17-25)48-15-9-14-46-7)18-28-30(19-27(24(3)4)32(42)40-20-36(5,6)33(38)43)49-21-41(28)35(45)51-22-50-34(44)37(39)12-13-37;4-3(5,6)1-2(7)8/h10-11,17,23-24,26-28,30H,9,12-16,18-22,39H2,1-8H3,(H2,38,43)(H,40,42);1H2,(H,7,8)/t26-,27-,28-,30-;/m0./s1. The van der Waals surface area contributed by atoms with Crippen molar-refractivity contribution >= 4 is 29.8 Å². The number of carboxylic acid groups (broad SMARTS) is 1. The molecule has 0 bridgehead atoms. The van der Waals surface area contributed by atoms with Crippen LogP contribution in [0.1, 0.15) is 85.6 Å². The van der Waals surface area contributed by atoms with Crippen LogP contribution in [0.3, 0.4) is 0 Å². The Morgan fingerprint density at radius 1 is 1.00 bits per heavy atom. The van der Waals surface area contributed by atoms with E-state index in [9.17, 15) is 37.1 Å². The Morgan fingerprint density at radius 3 is 2.17 bits per heavy atom. The number of nitrogens with two attached hydrogens (primary N) is 2. The molecule has 0 spiro atoms. The summed E-state index contributed by atoms with van der Waals surface area (Å²) in [4.78, 5) is 61.9. The number of esters is 1. The van der Waals surface area contributed by atoms with Crippen LogP contribution in [0.4, 0.5) is 18.0 Å². The molecule has 1 aromatic carbocycles. The number of nitrogens with one attached hydrogen (secondary N) is 1. The first kappa shape index (κ1) is 50.8. The average Bonchev–Trinajstić information content (AvgIpc) is 3.77. The van der Waals surface area contributed by atoms with Gasteiger partial charge in [-0.05, 0) is 81.4 Å². The van der Waals surface area contributed by atoms with Crippen molar-refractivity contribution in [3.63, 3.8) is 0 Å². The Labute approximate surface area is 344 Å². The number of hydrogen-bond acceptors (Lipinski definition) is 12. The molecule has 3 amide bonds. The predicted octanol–water partition coefficient (Wildman–Crippen LogP) is 4.78. The minimum absolute atomic E-state index is 0.0586. The number of benzene rings is 1. The van der Waals surface area contributed by atoms with Gasteiger partial charge in [0.15, 0.2) is 11.5 Å². The van der Waals surface area contributed by atoms with Crippen LogP contribution in [0, 0.1) is 29.1 Å². The summed E-state index contributed by atoms with van der Waals surface area (Å²) >= 11 is 0. The van der Waals surface area contributed by atoms with Crippen LogP contribution in [0.15, 0.2) is 18.2 Å². The maximum absolute atomic E-state index is 13.5. The molecule has 1 aliphatic carbocycles. The van der Waals surface area contributed by atoms with Crippen molar-refractivity contribution in [3.8, 4) is 11.5 Å². The van der Waals surface area contributed by atoms with Gasteiger partial charge >= 0.3 is 24.2 Å². The molecule has 59 heavy (non-hydrogen) atoms.